The number of rotatable bonds is 2. The van der Waals surface area contributed by atoms with Crippen LogP contribution in [0.15, 0.2) is 10.4 Å². The molecule has 0 aromatic carbocycles. The Morgan fingerprint density at radius 1 is 1.53 bits per heavy atom. The third-order valence-electron chi connectivity index (χ3n) is 3.10. The predicted molar refractivity (Wildman–Crippen MR) is 68.9 cm³/mol. The summed E-state index contributed by atoms with van der Waals surface area (Å²) in [6.45, 7) is 4.69. The summed E-state index contributed by atoms with van der Waals surface area (Å²) >= 11 is 6.71. The van der Waals surface area contributed by atoms with Gasteiger partial charge in [-0.3, -0.25) is 0 Å². The van der Waals surface area contributed by atoms with E-state index >= 15 is 0 Å². The van der Waals surface area contributed by atoms with Gasteiger partial charge in [-0.15, -0.1) is 0 Å². The minimum Gasteiger partial charge on any atom is -0.232 e. The van der Waals surface area contributed by atoms with Crippen LogP contribution in [0.25, 0.3) is 0 Å². The van der Waals surface area contributed by atoms with Gasteiger partial charge in [0.15, 0.2) is 8.68 Å². The van der Waals surface area contributed by atoms with Crippen LogP contribution in [0, 0.1) is 5.92 Å². The van der Waals surface area contributed by atoms with Crippen LogP contribution < -0.4 is 0 Å². The first kappa shape index (κ1) is 13.3. The van der Waals surface area contributed by atoms with Crippen molar-refractivity contribution in [3.8, 4) is 0 Å². The Bertz CT molecular complexity index is 500. The monoisotopic (exact) mass is 294 g/mol. The molecule has 1 aromatic heterocycles. The lowest BCUT2D eigenvalue weighted by Crippen LogP contribution is -2.43. The van der Waals surface area contributed by atoms with Crippen LogP contribution in [0.1, 0.15) is 26.7 Å². The molecule has 1 aromatic rings. The van der Waals surface area contributed by atoms with Crippen molar-refractivity contribution in [2.75, 3.05) is 6.54 Å². The van der Waals surface area contributed by atoms with Crippen molar-refractivity contribution >= 4 is 33.0 Å². The molecule has 7 heteroatoms. The highest BCUT2D eigenvalue weighted by Gasteiger charge is 2.34. The fourth-order valence-electron chi connectivity index (χ4n) is 2.22. The van der Waals surface area contributed by atoms with E-state index in [1.54, 1.807) is 4.31 Å². The van der Waals surface area contributed by atoms with E-state index in [1.807, 2.05) is 6.92 Å². The van der Waals surface area contributed by atoms with Crippen molar-refractivity contribution in [2.45, 2.75) is 36.9 Å². The van der Waals surface area contributed by atoms with E-state index in [9.17, 15) is 8.42 Å². The third-order valence-corrected chi connectivity index (χ3v) is 6.66. The van der Waals surface area contributed by atoms with Crippen LogP contribution in [-0.4, -0.2) is 30.3 Å². The topological polar surface area (TPSA) is 50.3 Å². The van der Waals surface area contributed by atoms with Crippen molar-refractivity contribution in [1.29, 1.82) is 0 Å². The van der Waals surface area contributed by atoms with Crippen molar-refractivity contribution in [1.82, 2.24) is 9.29 Å². The Balaban J connectivity index is 2.27. The molecule has 0 radical (unpaired) electrons. The Labute approximate surface area is 111 Å². The van der Waals surface area contributed by atoms with Gasteiger partial charge >= 0.3 is 0 Å². The van der Waals surface area contributed by atoms with Gasteiger partial charge in [-0.1, -0.05) is 29.9 Å². The summed E-state index contributed by atoms with van der Waals surface area (Å²) in [4.78, 5) is 3.80. The van der Waals surface area contributed by atoms with E-state index in [2.05, 4.69) is 11.9 Å². The van der Waals surface area contributed by atoms with E-state index in [4.69, 9.17) is 11.6 Å². The molecular weight excluding hydrogens is 280 g/mol. The first-order chi connectivity index (χ1) is 7.91. The van der Waals surface area contributed by atoms with Crippen LogP contribution >= 0.6 is 22.9 Å². The molecule has 96 valence electrons. The average Bonchev–Trinajstić information content (AvgIpc) is 2.64. The maximum atomic E-state index is 12.4. The number of piperidine rings is 1. The van der Waals surface area contributed by atoms with Gasteiger partial charge in [0.25, 0.3) is 10.0 Å². The maximum absolute atomic E-state index is 12.4. The van der Waals surface area contributed by atoms with Crippen molar-refractivity contribution in [3.63, 3.8) is 0 Å². The van der Waals surface area contributed by atoms with E-state index in [0.717, 1.165) is 24.2 Å². The largest absolute Gasteiger partial charge is 0.254 e. The molecule has 0 bridgehead atoms. The van der Waals surface area contributed by atoms with E-state index in [0.29, 0.717) is 12.5 Å². The fourth-order valence-corrected chi connectivity index (χ4v) is 5.30. The highest BCUT2D eigenvalue weighted by atomic mass is 35.5. The van der Waals surface area contributed by atoms with Gasteiger partial charge in [0.1, 0.15) is 0 Å². The second-order valence-corrected chi connectivity index (χ2v) is 8.26. The predicted octanol–water partition coefficient (Wildman–Crippen LogP) is 2.61. The Morgan fingerprint density at radius 2 is 2.24 bits per heavy atom. The van der Waals surface area contributed by atoms with E-state index in [1.165, 1.54) is 6.20 Å². The first-order valence-electron chi connectivity index (χ1n) is 5.54. The van der Waals surface area contributed by atoms with Gasteiger partial charge in [0, 0.05) is 12.6 Å². The molecule has 2 atom stereocenters. The molecule has 17 heavy (non-hydrogen) atoms. The normalized spacial score (nSPS) is 27.2. The minimum absolute atomic E-state index is 0.0459. The third kappa shape index (κ3) is 2.65. The Morgan fingerprint density at radius 3 is 2.76 bits per heavy atom. The smallest absolute Gasteiger partial charge is 0.232 e. The van der Waals surface area contributed by atoms with Crippen molar-refractivity contribution in [2.24, 2.45) is 5.92 Å². The molecule has 0 saturated carbocycles. The lowest BCUT2D eigenvalue weighted by atomic mass is 9.95. The number of thiazole rings is 1. The molecule has 2 unspecified atom stereocenters. The minimum atomic E-state index is -3.41. The summed E-state index contributed by atoms with van der Waals surface area (Å²) in [5.41, 5.74) is 0. The molecule has 0 spiro atoms. The van der Waals surface area contributed by atoms with Gasteiger partial charge in [0.05, 0.1) is 6.20 Å². The Kier molecular flexibility index (Phi) is 3.77. The summed E-state index contributed by atoms with van der Waals surface area (Å²) in [5, 5.41) is 0. The molecule has 2 rings (SSSR count). The zero-order valence-electron chi connectivity index (χ0n) is 9.76. The lowest BCUT2D eigenvalue weighted by Gasteiger charge is -2.34. The lowest BCUT2D eigenvalue weighted by molar-refractivity contribution is 0.220. The number of aromatic nitrogens is 1. The van der Waals surface area contributed by atoms with E-state index < -0.39 is 10.0 Å². The van der Waals surface area contributed by atoms with Crippen LogP contribution in [0.5, 0.6) is 0 Å². The van der Waals surface area contributed by atoms with Crippen molar-refractivity contribution in [3.05, 3.63) is 10.7 Å². The van der Waals surface area contributed by atoms with Crippen LogP contribution in [0.3, 0.4) is 0 Å². The molecule has 1 fully saturated rings. The molecule has 4 nitrogen and oxygen atoms in total. The summed E-state index contributed by atoms with van der Waals surface area (Å²) in [7, 11) is -3.41. The van der Waals surface area contributed by atoms with Gasteiger partial charge < -0.3 is 0 Å². The summed E-state index contributed by atoms with van der Waals surface area (Å²) in [5.74, 6) is 0.585. The zero-order valence-corrected chi connectivity index (χ0v) is 12.1. The molecule has 2 heterocycles. The van der Waals surface area contributed by atoms with Gasteiger partial charge in [0.2, 0.25) is 0 Å². The maximum Gasteiger partial charge on any atom is 0.254 e. The standard InChI is InChI=1S/C10H15ClN2O2S2/c1-7-3-4-13(8(2)5-7)17(14,15)9-6-12-10(11)16-9/h6-8H,3-5H2,1-2H3. The molecule has 1 saturated heterocycles. The van der Waals surface area contributed by atoms with Gasteiger partial charge in [-0.05, 0) is 25.7 Å². The molecule has 1 aliphatic heterocycles. The number of hydrogen-bond donors (Lipinski definition) is 0. The SMILES string of the molecule is CC1CCN(S(=O)(=O)c2cnc(Cl)s2)C(C)C1. The average molecular weight is 295 g/mol. The fraction of sp³-hybridized carbons (Fsp3) is 0.700. The van der Waals surface area contributed by atoms with Crippen LogP contribution in [0.4, 0.5) is 0 Å². The molecule has 0 N–H and O–H groups in total. The summed E-state index contributed by atoms with van der Waals surface area (Å²) in [6.07, 6.45) is 3.16. The van der Waals surface area contributed by atoms with Gasteiger partial charge in [-0.25, -0.2) is 13.4 Å². The second kappa shape index (κ2) is 4.84. The zero-order chi connectivity index (χ0) is 12.6. The molecule has 0 amide bonds. The van der Waals surface area contributed by atoms with Crippen molar-refractivity contribution < 1.29 is 8.42 Å². The van der Waals surface area contributed by atoms with Crippen LogP contribution in [0.2, 0.25) is 4.47 Å². The number of sulfonamides is 1. The summed E-state index contributed by atoms with van der Waals surface area (Å²) in [6, 6.07) is 0.0459. The van der Waals surface area contributed by atoms with Gasteiger partial charge in [-0.2, -0.15) is 4.31 Å². The summed E-state index contributed by atoms with van der Waals surface area (Å²) < 4.78 is 26.8. The highest BCUT2D eigenvalue weighted by molar-refractivity contribution is 7.91. The van der Waals surface area contributed by atoms with Crippen LogP contribution in [-0.2, 0) is 10.0 Å². The Hall–Kier alpha value is -0.170. The highest BCUT2D eigenvalue weighted by Crippen LogP contribution is 2.31. The molecular formula is C10H15ClN2O2S2. The number of halogens is 1. The number of nitrogens with zero attached hydrogens (tertiary/aromatic N) is 2. The first-order valence-corrected chi connectivity index (χ1v) is 8.18. The molecule has 0 aliphatic carbocycles. The molecule has 1 aliphatic rings. The second-order valence-electron chi connectivity index (χ2n) is 4.53. The quantitative estimate of drug-likeness (QED) is 0.842. The van der Waals surface area contributed by atoms with E-state index in [-0.39, 0.29) is 14.7 Å². The number of hydrogen-bond acceptors (Lipinski definition) is 4.